The Bertz CT molecular complexity index is 1320. The molecule has 4 aliphatic rings. The van der Waals surface area contributed by atoms with E-state index in [1.54, 1.807) is 0 Å². The monoisotopic (exact) mass is 638 g/mol. The summed E-state index contributed by atoms with van der Waals surface area (Å²) in [5, 5.41) is 25.0. The van der Waals surface area contributed by atoms with Gasteiger partial charge in [-0.3, -0.25) is 28.8 Å². The first-order valence-corrected chi connectivity index (χ1v) is 14.9. The molecule has 45 heavy (non-hydrogen) atoms. The van der Waals surface area contributed by atoms with Crippen molar-refractivity contribution in [3.05, 3.63) is 12.2 Å². The first-order chi connectivity index (χ1) is 20.7. The second kappa shape index (κ2) is 11.4. The van der Waals surface area contributed by atoms with Gasteiger partial charge in [-0.25, -0.2) is 0 Å². The van der Waals surface area contributed by atoms with Gasteiger partial charge in [0, 0.05) is 46.0 Å². The van der Waals surface area contributed by atoms with Crippen LogP contribution in [0.4, 0.5) is 0 Å². The Kier molecular flexibility index (Phi) is 8.68. The summed E-state index contributed by atoms with van der Waals surface area (Å²) in [4.78, 5) is 77.5. The third kappa shape index (κ3) is 5.00. The Morgan fingerprint density at radius 2 is 1.38 bits per heavy atom. The molecule has 2 unspecified atom stereocenters. The van der Waals surface area contributed by atoms with Crippen molar-refractivity contribution >= 4 is 35.8 Å². The topological polar surface area (TPSA) is 198 Å². The summed E-state index contributed by atoms with van der Waals surface area (Å²) >= 11 is 0. The molecular formula is C31H42O14. The fourth-order valence-electron chi connectivity index (χ4n) is 8.90. The summed E-state index contributed by atoms with van der Waals surface area (Å²) in [6, 6.07) is 0. The van der Waals surface area contributed by atoms with Crippen LogP contribution >= 0.6 is 0 Å². The van der Waals surface area contributed by atoms with Gasteiger partial charge in [-0.1, -0.05) is 13.5 Å². The lowest BCUT2D eigenvalue weighted by Gasteiger charge is -2.56. The Labute approximate surface area is 260 Å². The number of hydrogen-bond donors (Lipinski definition) is 2. The molecule has 3 aliphatic carbocycles. The maximum atomic E-state index is 13.2. The Morgan fingerprint density at radius 3 is 1.87 bits per heavy atom. The molecule has 0 aromatic carbocycles. The van der Waals surface area contributed by atoms with Crippen molar-refractivity contribution in [3.8, 4) is 0 Å². The van der Waals surface area contributed by atoms with E-state index in [2.05, 4.69) is 6.58 Å². The molecule has 0 radical (unpaired) electrons. The Hall–Kier alpha value is -3.52. The molecule has 0 amide bonds. The van der Waals surface area contributed by atoms with Gasteiger partial charge in [0.2, 0.25) is 0 Å². The molecule has 2 N–H and O–H groups in total. The summed E-state index contributed by atoms with van der Waals surface area (Å²) in [7, 11) is 0. The van der Waals surface area contributed by atoms with Crippen molar-refractivity contribution in [2.75, 3.05) is 0 Å². The molecule has 1 saturated heterocycles. The minimum atomic E-state index is -2.37. The van der Waals surface area contributed by atoms with Crippen molar-refractivity contribution in [3.63, 3.8) is 0 Å². The van der Waals surface area contributed by atoms with Gasteiger partial charge >= 0.3 is 35.8 Å². The van der Waals surface area contributed by atoms with E-state index in [-0.39, 0.29) is 18.4 Å². The zero-order valence-electron chi connectivity index (χ0n) is 26.7. The normalized spacial score (nSPS) is 43.0. The summed E-state index contributed by atoms with van der Waals surface area (Å²) in [5.41, 5.74) is -8.49. The number of rotatable bonds is 7. The van der Waals surface area contributed by atoms with E-state index in [0.29, 0.717) is 0 Å². The van der Waals surface area contributed by atoms with Crippen LogP contribution in [0.25, 0.3) is 0 Å². The maximum absolute atomic E-state index is 13.2. The predicted molar refractivity (Wildman–Crippen MR) is 149 cm³/mol. The molecule has 0 aromatic heterocycles. The average Bonchev–Trinajstić information content (AvgIpc) is 3.24. The van der Waals surface area contributed by atoms with E-state index in [1.807, 2.05) is 0 Å². The molecule has 1 heterocycles. The SMILES string of the molecule is C=C(C)[C@@]1(O)[C@H](OC(C)=O)[C@@H](OC(C)=O)C23[C@H](OC(=O)CC)C(C[C@H](OC(C)=O)[C@H]2[C@@]2(C)OC(=O)C[C@@H]21)[C@@](C)(O)[C@@H]3OC(C)=O. The van der Waals surface area contributed by atoms with Crippen molar-refractivity contribution in [1.82, 2.24) is 0 Å². The third-order valence-corrected chi connectivity index (χ3v) is 10.2. The van der Waals surface area contributed by atoms with Crippen molar-refractivity contribution in [1.29, 1.82) is 0 Å². The molecule has 0 aromatic rings. The standard InChI is InChI=1S/C31H42O14/c1-10-21(36)44-24-18-11-19(40-14(4)32)23-29(9)20(12-22(37)45-29)31(39,13(2)3)26(42-16(6)34)25(41-15(5)33)30(23,24)27(28(18,8)38)43-17(7)35/h18-20,23-27,38-39H,2,10-12H2,1,3-9H3/t18?,19-,20-,23-,24+,25+,26+,27-,28+,29-,30?,31-/m0/s1. The first kappa shape index (κ1) is 34.4. The van der Waals surface area contributed by atoms with E-state index in [1.165, 1.54) is 27.7 Å². The smallest absolute Gasteiger partial charge is 0.306 e. The zero-order chi connectivity index (χ0) is 34.0. The molecule has 14 heteroatoms. The second-order valence-electron chi connectivity index (χ2n) is 13.0. The van der Waals surface area contributed by atoms with Gasteiger partial charge in [-0.2, -0.15) is 0 Å². The molecule has 1 aliphatic heterocycles. The van der Waals surface area contributed by atoms with Crippen LogP contribution in [-0.2, 0) is 57.2 Å². The molecule has 3 saturated carbocycles. The highest BCUT2D eigenvalue weighted by atomic mass is 16.6. The number of aliphatic hydroxyl groups is 2. The van der Waals surface area contributed by atoms with Crippen LogP contribution in [0.1, 0.15) is 74.7 Å². The molecule has 1 spiro atoms. The quantitative estimate of drug-likeness (QED) is 0.228. The van der Waals surface area contributed by atoms with Crippen molar-refractivity contribution in [2.24, 2.45) is 23.2 Å². The van der Waals surface area contributed by atoms with E-state index in [0.717, 1.165) is 27.7 Å². The van der Waals surface area contributed by atoms with Gasteiger partial charge < -0.3 is 38.6 Å². The summed E-state index contributed by atoms with van der Waals surface area (Å²) in [6.07, 6.45) is -8.96. The first-order valence-electron chi connectivity index (χ1n) is 14.9. The molecule has 12 atom stereocenters. The Morgan fingerprint density at radius 1 is 0.844 bits per heavy atom. The molecule has 14 nitrogen and oxygen atoms in total. The molecule has 250 valence electrons. The number of fused-ring (bicyclic) bond motifs is 3. The zero-order valence-corrected chi connectivity index (χ0v) is 26.7. The minimum absolute atomic E-state index is 0.00745. The number of carbonyl (C=O) groups excluding carboxylic acids is 6. The largest absolute Gasteiger partial charge is 0.462 e. The van der Waals surface area contributed by atoms with Gasteiger partial charge in [0.25, 0.3) is 0 Å². The lowest BCUT2D eigenvalue weighted by molar-refractivity contribution is -0.263. The van der Waals surface area contributed by atoms with Gasteiger partial charge in [0.05, 0.1) is 17.8 Å². The summed E-state index contributed by atoms with van der Waals surface area (Å²) in [5.74, 6) is -8.86. The molecular weight excluding hydrogens is 596 g/mol. The highest BCUT2D eigenvalue weighted by Crippen LogP contribution is 2.71. The molecule has 4 fully saturated rings. The Balaban J connectivity index is 2.28. The van der Waals surface area contributed by atoms with E-state index in [9.17, 15) is 39.0 Å². The minimum Gasteiger partial charge on any atom is -0.462 e. The highest BCUT2D eigenvalue weighted by molar-refractivity contribution is 5.75. The van der Waals surface area contributed by atoms with Crippen LogP contribution in [0.3, 0.4) is 0 Å². The fraction of sp³-hybridized carbons (Fsp3) is 0.742. The highest BCUT2D eigenvalue weighted by Gasteiger charge is 2.87. The fourth-order valence-corrected chi connectivity index (χ4v) is 8.90. The molecule has 4 rings (SSSR count). The third-order valence-electron chi connectivity index (χ3n) is 10.2. The summed E-state index contributed by atoms with van der Waals surface area (Å²) < 4.78 is 35.6. The van der Waals surface area contributed by atoms with Crippen LogP contribution in [0.2, 0.25) is 0 Å². The van der Waals surface area contributed by atoms with E-state index in [4.69, 9.17) is 28.4 Å². The lowest BCUT2D eigenvalue weighted by Crippen LogP contribution is -2.70. The lowest BCUT2D eigenvalue weighted by atomic mass is 9.54. The van der Waals surface area contributed by atoms with Crippen LogP contribution < -0.4 is 0 Å². The van der Waals surface area contributed by atoms with E-state index >= 15 is 0 Å². The van der Waals surface area contributed by atoms with Gasteiger partial charge in [-0.15, -0.1) is 0 Å². The number of hydrogen-bond acceptors (Lipinski definition) is 14. The number of ether oxygens (including phenoxy) is 6. The van der Waals surface area contributed by atoms with Crippen molar-refractivity contribution in [2.45, 2.75) is 122 Å². The van der Waals surface area contributed by atoms with Crippen LogP contribution in [0.5, 0.6) is 0 Å². The van der Waals surface area contributed by atoms with Gasteiger partial charge in [-0.05, 0) is 32.8 Å². The average molecular weight is 639 g/mol. The molecule has 2 bridgehead atoms. The second-order valence-corrected chi connectivity index (χ2v) is 13.0. The van der Waals surface area contributed by atoms with Gasteiger partial charge in [0.1, 0.15) is 35.1 Å². The number of carbonyl (C=O) groups is 6. The van der Waals surface area contributed by atoms with Crippen LogP contribution in [0, 0.1) is 23.2 Å². The van der Waals surface area contributed by atoms with Crippen LogP contribution in [-0.4, -0.2) is 93.4 Å². The number of esters is 6. The van der Waals surface area contributed by atoms with Gasteiger partial charge in [0.15, 0.2) is 12.2 Å². The van der Waals surface area contributed by atoms with Crippen molar-refractivity contribution < 1.29 is 67.4 Å². The summed E-state index contributed by atoms with van der Waals surface area (Å²) in [6.45, 7) is 14.0. The predicted octanol–water partition coefficient (Wildman–Crippen LogP) is 1.06. The van der Waals surface area contributed by atoms with Crippen LogP contribution in [0.15, 0.2) is 12.2 Å². The van der Waals surface area contributed by atoms with E-state index < -0.39 is 113 Å². The maximum Gasteiger partial charge on any atom is 0.306 e.